The first-order valence-electron chi connectivity index (χ1n) is 12.7. The summed E-state index contributed by atoms with van der Waals surface area (Å²) in [5.74, 6) is 0.533. The molecule has 1 fully saturated rings. The summed E-state index contributed by atoms with van der Waals surface area (Å²) in [5.41, 5.74) is 5.92. The van der Waals surface area contributed by atoms with Gasteiger partial charge in [-0.05, 0) is 76.4 Å². The van der Waals surface area contributed by atoms with Crippen molar-refractivity contribution < 1.29 is 0 Å². The maximum absolute atomic E-state index is 6.05. The molecule has 8 heteroatoms. The summed E-state index contributed by atoms with van der Waals surface area (Å²) in [5, 5.41) is 18.9. The monoisotopic (exact) mass is 515 g/mol. The molecule has 37 heavy (non-hydrogen) atoms. The van der Waals surface area contributed by atoms with Crippen LogP contribution in [0.3, 0.4) is 0 Å². The highest BCUT2D eigenvalue weighted by molar-refractivity contribution is 6.30. The highest BCUT2D eigenvalue weighted by atomic mass is 35.5. The van der Waals surface area contributed by atoms with Crippen LogP contribution >= 0.6 is 11.6 Å². The minimum absolute atomic E-state index is 0.133. The van der Waals surface area contributed by atoms with E-state index in [9.17, 15) is 0 Å². The number of piperidine rings is 1. The Morgan fingerprint density at radius 1 is 0.946 bits per heavy atom. The topological polar surface area (TPSA) is 90.5 Å². The van der Waals surface area contributed by atoms with E-state index in [2.05, 4.69) is 83.1 Å². The van der Waals surface area contributed by atoms with Crippen molar-refractivity contribution in [2.75, 3.05) is 5.32 Å². The molecule has 0 amide bonds. The zero-order chi connectivity index (χ0) is 26.0. The van der Waals surface area contributed by atoms with E-state index in [0.717, 1.165) is 47.6 Å². The van der Waals surface area contributed by atoms with Crippen LogP contribution in [0.4, 0.5) is 11.6 Å². The van der Waals surface area contributed by atoms with Gasteiger partial charge in [0.05, 0.1) is 5.69 Å². The predicted octanol–water partition coefficient (Wildman–Crippen LogP) is 6.33. The van der Waals surface area contributed by atoms with Crippen molar-refractivity contribution in [2.24, 2.45) is 0 Å². The SMILES string of the molecule is CC1(C)CC(NCc2ccc(Nc3nccc(-c4c[nH]nc4-c4ccc(Cl)cc4)n3)cc2)CC(C)(C)N1. The van der Waals surface area contributed by atoms with Gasteiger partial charge >= 0.3 is 0 Å². The van der Waals surface area contributed by atoms with Gasteiger partial charge < -0.3 is 16.0 Å². The van der Waals surface area contributed by atoms with Crippen LogP contribution in [0, 0.1) is 0 Å². The molecule has 5 rings (SSSR count). The third-order valence-electron chi connectivity index (χ3n) is 6.68. The van der Waals surface area contributed by atoms with Crippen molar-refractivity contribution in [1.82, 2.24) is 30.8 Å². The van der Waals surface area contributed by atoms with Crippen LogP contribution in [-0.2, 0) is 6.54 Å². The van der Waals surface area contributed by atoms with Crippen molar-refractivity contribution in [1.29, 1.82) is 0 Å². The van der Waals surface area contributed by atoms with Gasteiger partial charge in [-0.25, -0.2) is 9.97 Å². The van der Waals surface area contributed by atoms with Crippen LogP contribution in [0.15, 0.2) is 67.0 Å². The third kappa shape index (κ3) is 6.36. The molecular formula is C29H34ClN7. The zero-order valence-electron chi connectivity index (χ0n) is 21.8. The molecule has 2 aromatic heterocycles. The maximum atomic E-state index is 6.05. The second-order valence-electron chi connectivity index (χ2n) is 11.1. The smallest absolute Gasteiger partial charge is 0.227 e. The molecule has 4 N–H and O–H groups in total. The number of hydrogen-bond donors (Lipinski definition) is 4. The molecule has 0 unspecified atom stereocenters. The van der Waals surface area contributed by atoms with E-state index in [4.69, 9.17) is 16.6 Å². The Labute approximate surface area is 223 Å². The van der Waals surface area contributed by atoms with Gasteiger partial charge in [-0.1, -0.05) is 35.9 Å². The number of H-pyrrole nitrogens is 1. The van der Waals surface area contributed by atoms with Gasteiger partial charge in [-0.15, -0.1) is 0 Å². The van der Waals surface area contributed by atoms with Gasteiger partial charge in [0.15, 0.2) is 0 Å². The Hall–Kier alpha value is -3.26. The quantitative estimate of drug-likeness (QED) is 0.230. The first-order chi connectivity index (χ1) is 17.7. The number of benzene rings is 2. The molecule has 0 bridgehead atoms. The van der Waals surface area contributed by atoms with Crippen molar-refractivity contribution in [3.05, 3.63) is 77.6 Å². The van der Waals surface area contributed by atoms with Gasteiger partial charge in [0.1, 0.15) is 5.69 Å². The van der Waals surface area contributed by atoms with Crippen LogP contribution in [0.25, 0.3) is 22.5 Å². The molecule has 0 atom stereocenters. The van der Waals surface area contributed by atoms with Crippen molar-refractivity contribution in [3.63, 3.8) is 0 Å². The van der Waals surface area contributed by atoms with E-state index < -0.39 is 0 Å². The van der Waals surface area contributed by atoms with E-state index in [0.29, 0.717) is 17.0 Å². The molecule has 0 spiro atoms. The summed E-state index contributed by atoms with van der Waals surface area (Å²) in [6.07, 6.45) is 5.83. The van der Waals surface area contributed by atoms with Gasteiger partial charge in [0.2, 0.25) is 5.95 Å². The third-order valence-corrected chi connectivity index (χ3v) is 6.94. The fourth-order valence-corrected chi connectivity index (χ4v) is 5.57. The summed E-state index contributed by atoms with van der Waals surface area (Å²) in [6, 6.07) is 18.4. The fourth-order valence-electron chi connectivity index (χ4n) is 5.45. The molecule has 4 aromatic rings. The van der Waals surface area contributed by atoms with Crippen LogP contribution in [0.2, 0.25) is 5.02 Å². The zero-order valence-corrected chi connectivity index (χ0v) is 22.5. The second kappa shape index (κ2) is 10.2. The lowest BCUT2D eigenvalue weighted by Gasteiger charge is -2.46. The van der Waals surface area contributed by atoms with Crippen molar-refractivity contribution in [2.45, 2.75) is 64.2 Å². The summed E-state index contributed by atoms with van der Waals surface area (Å²) in [4.78, 5) is 9.15. The van der Waals surface area contributed by atoms with Gasteiger partial charge in [-0.2, -0.15) is 5.10 Å². The van der Waals surface area contributed by atoms with E-state index >= 15 is 0 Å². The lowest BCUT2D eigenvalue weighted by molar-refractivity contribution is 0.145. The van der Waals surface area contributed by atoms with E-state index in [-0.39, 0.29) is 11.1 Å². The van der Waals surface area contributed by atoms with Crippen LogP contribution in [0.5, 0.6) is 0 Å². The van der Waals surface area contributed by atoms with E-state index in [1.54, 1.807) is 6.20 Å². The second-order valence-corrected chi connectivity index (χ2v) is 11.6. The number of nitrogens with zero attached hydrogens (tertiary/aromatic N) is 3. The lowest BCUT2D eigenvalue weighted by Crippen LogP contribution is -2.61. The summed E-state index contributed by atoms with van der Waals surface area (Å²) in [7, 11) is 0. The van der Waals surface area contributed by atoms with E-state index in [1.165, 1.54) is 5.56 Å². The normalized spacial score (nSPS) is 17.0. The number of nitrogens with one attached hydrogen (secondary N) is 4. The molecule has 7 nitrogen and oxygen atoms in total. The molecule has 1 saturated heterocycles. The number of aromatic nitrogens is 4. The van der Waals surface area contributed by atoms with Crippen LogP contribution in [-0.4, -0.2) is 37.3 Å². The molecule has 1 aliphatic heterocycles. The van der Waals surface area contributed by atoms with Gasteiger partial charge in [-0.3, -0.25) is 5.10 Å². The fraction of sp³-hybridized carbons (Fsp3) is 0.345. The summed E-state index contributed by atoms with van der Waals surface area (Å²) < 4.78 is 0. The molecule has 0 aliphatic carbocycles. The number of halogens is 1. The highest BCUT2D eigenvalue weighted by Crippen LogP contribution is 2.31. The molecule has 1 aliphatic rings. The van der Waals surface area contributed by atoms with Crippen LogP contribution in [0.1, 0.15) is 46.1 Å². The molecule has 192 valence electrons. The maximum Gasteiger partial charge on any atom is 0.227 e. The Morgan fingerprint density at radius 3 is 2.35 bits per heavy atom. The summed E-state index contributed by atoms with van der Waals surface area (Å²) >= 11 is 6.05. The number of hydrogen-bond acceptors (Lipinski definition) is 6. The average Bonchev–Trinajstić information content (AvgIpc) is 3.32. The Kier molecular flexibility index (Phi) is 7.03. The Balaban J connectivity index is 1.24. The molecular weight excluding hydrogens is 482 g/mol. The summed E-state index contributed by atoms with van der Waals surface area (Å²) in [6.45, 7) is 9.98. The van der Waals surface area contributed by atoms with Crippen LogP contribution < -0.4 is 16.0 Å². The standard InChI is InChI=1S/C29H34ClN7/c1-28(2)15-23(16-29(3,4)37-28)32-17-19-5-11-22(12-6-19)34-27-31-14-13-25(35-27)24-18-33-36-26(24)20-7-9-21(30)10-8-20/h5-14,18,23,32,37H,15-17H2,1-4H3,(H,33,36)(H,31,34,35). The predicted molar refractivity (Wildman–Crippen MR) is 151 cm³/mol. The minimum atomic E-state index is 0.133. The van der Waals surface area contributed by atoms with Gasteiger partial charge in [0.25, 0.3) is 0 Å². The lowest BCUT2D eigenvalue weighted by atomic mass is 9.79. The molecule has 0 radical (unpaired) electrons. The minimum Gasteiger partial charge on any atom is -0.324 e. The van der Waals surface area contributed by atoms with Crippen molar-refractivity contribution >= 4 is 23.2 Å². The van der Waals surface area contributed by atoms with Crippen molar-refractivity contribution in [3.8, 4) is 22.5 Å². The first-order valence-corrected chi connectivity index (χ1v) is 13.1. The van der Waals surface area contributed by atoms with Gasteiger partial charge in [0, 0.05) is 57.9 Å². The highest BCUT2D eigenvalue weighted by Gasteiger charge is 2.37. The Morgan fingerprint density at radius 2 is 1.65 bits per heavy atom. The Bertz CT molecular complexity index is 1330. The largest absolute Gasteiger partial charge is 0.324 e. The molecule has 2 aromatic carbocycles. The first kappa shape index (κ1) is 25.4. The number of anilines is 2. The number of aromatic amines is 1. The average molecular weight is 516 g/mol. The molecule has 3 heterocycles. The number of rotatable bonds is 7. The van der Waals surface area contributed by atoms with E-state index in [1.807, 2.05) is 36.5 Å². The molecule has 0 saturated carbocycles.